The van der Waals surface area contributed by atoms with Crippen LogP contribution >= 0.6 is 0 Å². The Kier molecular flexibility index (Phi) is 4.31. The molecule has 0 saturated carbocycles. The lowest BCUT2D eigenvalue weighted by molar-refractivity contribution is 0.420. The van der Waals surface area contributed by atoms with Crippen LogP contribution in [0.25, 0.3) is 10.8 Å². The zero-order valence-corrected chi connectivity index (χ0v) is 12.3. The minimum absolute atomic E-state index is 0.729. The normalized spacial score (nSPS) is 11.0. The quantitative estimate of drug-likeness (QED) is 0.790. The highest BCUT2D eigenvalue weighted by Gasteiger charge is 2.09. The van der Waals surface area contributed by atoms with Gasteiger partial charge in [0.25, 0.3) is 0 Å². The van der Waals surface area contributed by atoms with Crippen molar-refractivity contribution in [3.05, 3.63) is 36.4 Å². The first-order valence-electron chi connectivity index (χ1n) is 6.90. The maximum Gasteiger partial charge on any atom is 0.126 e. The minimum atomic E-state index is 0.729. The van der Waals surface area contributed by atoms with E-state index in [1.54, 1.807) is 7.11 Å². The molecule has 2 nitrogen and oxygen atoms in total. The second kappa shape index (κ2) is 5.96. The number of hydrogen-bond donors (Lipinski definition) is 0. The van der Waals surface area contributed by atoms with Gasteiger partial charge in [0.2, 0.25) is 0 Å². The molecule has 2 rings (SSSR count). The molecule has 0 bridgehead atoms. The van der Waals surface area contributed by atoms with Crippen LogP contribution in [0.2, 0.25) is 0 Å². The van der Waals surface area contributed by atoms with Gasteiger partial charge in [-0.25, -0.2) is 0 Å². The number of ether oxygens (including phenoxy) is 1. The fourth-order valence-corrected chi connectivity index (χ4v) is 2.35. The van der Waals surface area contributed by atoms with Crippen molar-refractivity contribution in [1.29, 1.82) is 0 Å². The molecule has 102 valence electrons. The molecule has 2 aromatic carbocycles. The number of nitrogens with zero attached hydrogens (tertiary/aromatic N) is 1. The van der Waals surface area contributed by atoms with Crippen LogP contribution in [0, 0.1) is 5.92 Å². The van der Waals surface area contributed by atoms with Crippen LogP contribution in [0.1, 0.15) is 20.3 Å². The van der Waals surface area contributed by atoms with Gasteiger partial charge in [0, 0.05) is 30.1 Å². The summed E-state index contributed by atoms with van der Waals surface area (Å²) in [6, 6.07) is 12.6. The van der Waals surface area contributed by atoms with Crippen molar-refractivity contribution in [2.45, 2.75) is 20.3 Å². The number of benzene rings is 2. The highest BCUT2D eigenvalue weighted by atomic mass is 16.5. The number of hydrogen-bond acceptors (Lipinski definition) is 2. The molecule has 0 aliphatic heterocycles. The first kappa shape index (κ1) is 13.7. The average Bonchev–Trinajstić information content (AvgIpc) is 2.43. The van der Waals surface area contributed by atoms with Gasteiger partial charge in [0.05, 0.1) is 7.11 Å². The summed E-state index contributed by atoms with van der Waals surface area (Å²) in [4.78, 5) is 2.34. The molecule has 0 radical (unpaired) electrons. The Morgan fingerprint density at radius 2 is 1.74 bits per heavy atom. The zero-order chi connectivity index (χ0) is 13.8. The number of fused-ring (bicyclic) bond motifs is 1. The smallest absolute Gasteiger partial charge is 0.126 e. The molecule has 0 amide bonds. The average molecular weight is 257 g/mol. The Bertz CT molecular complexity index is 548. The van der Waals surface area contributed by atoms with Gasteiger partial charge in [0.15, 0.2) is 0 Å². The molecule has 0 spiro atoms. The topological polar surface area (TPSA) is 12.5 Å². The molecule has 0 aliphatic rings. The van der Waals surface area contributed by atoms with Crippen molar-refractivity contribution in [3.63, 3.8) is 0 Å². The van der Waals surface area contributed by atoms with E-state index in [0.717, 1.165) is 18.2 Å². The first-order valence-corrected chi connectivity index (χ1v) is 6.90. The highest BCUT2D eigenvalue weighted by molar-refractivity contribution is 5.97. The summed E-state index contributed by atoms with van der Waals surface area (Å²) in [6.45, 7) is 5.61. The number of rotatable bonds is 5. The Morgan fingerprint density at radius 3 is 2.42 bits per heavy atom. The Balaban J connectivity index is 2.38. The maximum absolute atomic E-state index is 5.44. The molecule has 0 aliphatic carbocycles. The molecule has 19 heavy (non-hydrogen) atoms. The molecule has 0 fully saturated rings. The fraction of sp³-hybridized carbons (Fsp3) is 0.412. The van der Waals surface area contributed by atoms with Gasteiger partial charge in [-0.1, -0.05) is 38.1 Å². The summed E-state index contributed by atoms with van der Waals surface area (Å²) in [5.74, 6) is 1.67. The van der Waals surface area contributed by atoms with E-state index in [9.17, 15) is 0 Å². The van der Waals surface area contributed by atoms with Crippen LogP contribution in [0.5, 0.6) is 5.75 Å². The summed E-state index contributed by atoms with van der Waals surface area (Å²) in [5, 5.41) is 2.44. The van der Waals surface area contributed by atoms with E-state index >= 15 is 0 Å². The van der Waals surface area contributed by atoms with Crippen molar-refractivity contribution in [3.8, 4) is 5.75 Å². The number of anilines is 1. The number of methoxy groups -OCH3 is 1. The van der Waals surface area contributed by atoms with Gasteiger partial charge in [-0.05, 0) is 24.5 Å². The maximum atomic E-state index is 5.44. The molecule has 0 aromatic heterocycles. The highest BCUT2D eigenvalue weighted by Crippen LogP contribution is 2.32. The summed E-state index contributed by atoms with van der Waals surface area (Å²) in [6.07, 6.45) is 1.21. The van der Waals surface area contributed by atoms with Crippen LogP contribution in [0.4, 0.5) is 5.69 Å². The standard InChI is InChI=1S/C17H23NO/c1-13(2)11-12-18(3)16-9-5-8-15-14(16)7-6-10-17(15)19-4/h5-10,13H,11-12H2,1-4H3. The van der Waals surface area contributed by atoms with Crippen LogP contribution in [-0.2, 0) is 0 Å². The van der Waals surface area contributed by atoms with Gasteiger partial charge < -0.3 is 9.64 Å². The van der Waals surface area contributed by atoms with E-state index in [0.29, 0.717) is 0 Å². The van der Waals surface area contributed by atoms with E-state index < -0.39 is 0 Å². The molecule has 0 heterocycles. The van der Waals surface area contributed by atoms with E-state index in [4.69, 9.17) is 4.74 Å². The summed E-state index contributed by atoms with van der Waals surface area (Å²) >= 11 is 0. The van der Waals surface area contributed by atoms with Crippen molar-refractivity contribution in [2.75, 3.05) is 25.6 Å². The Labute approximate surface area is 116 Å². The third kappa shape index (κ3) is 3.01. The lowest BCUT2D eigenvalue weighted by Crippen LogP contribution is -2.20. The van der Waals surface area contributed by atoms with Crippen molar-refractivity contribution >= 4 is 16.5 Å². The van der Waals surface area contributed by atoms with Crippen molar-refractivity contribution < 1.29 is 4.74 Å². The molecule has 0 N–H and O–H groups in total. The second-order valence-electron chi connectivity index (χ2n) is 5.44. The predicted molar refractivity (Wildman–Crippen MR) is 83.2 cm³/mol. The van der Waals surface area contributed by atoms with Gasteiger partial charge in [-0.15, -0.1) is 0 Å². The van der Waals surface area contributed by atoms with Gasteiger partial charge in [0.1, 0.15) is 5.75 Å². The van der Waals surface area contributed by atoms with E-state index in [1.807, 2.05) is 6.07 Å². The summed E-state index contributed by atoms with van der Waals surface area (Å²) in [5.41, 5.74) is 1.28. The minimum Gasteiger partial charge on any atom is -0.496 e. The third-order valence-electron chi connectivity index (χ3n) is 3.53. The van der Waals surface area contributed by atoms with Crippen LogP contribution in [0.15, 0.2) is 36.4 Å². The first-order chi connectivity index (χ1) is 9.13. The molecule has 0 saturated heterocycles. The van der Waals surface area contributed by atoms with Crippen LogP contribution in [-0.4, -0.2) is 20.7 Å². The lowest BCUT2D eigenvalue weighted by atomic mass is 10.1. The predicted octanol–water partition coefficient (Wildman–Crippen LogP) is 4.33. The summed E-state index contributed by atoms with van der Waals surface area (Å²) in [7, 11) is 3.89. The molecule has 0 atom stereocenters. The van der Waals surface area contributed by atoms with Crippen molar-refractivity contribution in [2.24, 2.45) is 5.92 Å². The van der Waals surface area contributed by atoms with E-state index in [1.165, 1.54) is 22.9 Å². The lowest BCUT2D eigenvalue weighted by Gasteiger charge is -2.22. The zero-order valence-electron chi connectivity index (χ0n) is 12.3. The molecule has 0 unspecified atom stereocenters. The van der Waals surface area contributed by atoms with E-state index in [2.05, 4.69) is 56.1 Å². The summed E-state index contributed by atoms with van der Waals surface area (Å²) < 4.78 is 5.44. The molecular formula is C17H23NO. The van der Waals surface area contributed by atoms with Crippen LogP contribution in [0.3, 0.4) is 0 Å². The Hall–Kier alpha value is -1.70. The fourth-order valence-electron chi connectivity index (χ4n) is 2.35. The van der Waals surface area contributed by atoms with Gasteiger partial charge in [-0.3, -0.25) is 0 Å². The van der Waals surface area contributed by atoms with Gasteiger partial charge >= 0.3 is 0 Å². The monoisotopic (exact) mass is 257 g/mol. The van der Waals surface area contributed by atoms with E-state index in [-0.39, 0.29) is 0 Å². The van der Waals surface area contributed by atoms with Crippen LogP contribution < -0.4 is 9.64 Å². The molecular weight excluding hydrogens is 234 g/mol. The third-order valence-corrected chi connectivity index (χ3v) is 3.53. The molecule has 2 aromatic rings. The molecule has 2 heteroatoms. The largest absolute Gasteiger partial charge is 0.496 e. The SMILES string of the molecule is COc1cccc2c(N(C)CCC(C)C)cccc12. The van der Waals surface area contributed by atoms with Gasteiger partial charge in [-0.2, -0.15) is 0 Å². The second-order valence-corrected chi connectivity index (χ2v) is 5.44. The Morgan fingerprint density at radius 1 is 1.05 bits per heavy atom. The van der Waals surface area contributed by atoms with Crippen molar-refractivity contribution in [1.82, 2.24) is 0 Å².